The SMILES string of the molecule is CC(Cc1ccc(C(=O)O)cc1)C(=O)Nc1cccc(OCc2ccccc2)c1. The number of aromatic carboxylic acids is 1. The quantitative estimate of drug-likeness (QED) is 0.581. The average Bonchev–Trinajstić information content (AvgIpc) is 2.73. The van der Waals surface area contributed by atoms with Crippen molar-refractivity contribution in [1.29, 1.82) is 0 Å². The van der Waals surface area contributed by atoms with Crippen molar-refractivity contribution in [3.8, 4) is 5.75 Å². The molecule has 0 bridgehead atoms. The van der Waals surface area contributed by atoms with Gasteiger partial charge in [-0.3, -0.25) is 4.79 Å². The molecule has 1 atom stereocenters. The molecule has 0 fully saturated rings. The van der Waals surface area contributed by atoms with Crippen molar-refractivity contribution in [2.75, 3.05) is 5.32 Å². The van der Waals surface area contributed by atoms with Crippen molar-refractivity contribution < 1.29 is 19.4 Å². The molecule has 0 saturated carbocycles. The fourth-order valence-corrected chi connectivity index (χ4v) is 2.90. The second kappa shape index (κ2) is 9.55. The third kappa shape index (κ3) is 5.94. The lowest BCUT2D eigenvalue weighted by atomic mass is 9.99. The first-order valence-corrected chi connectivity index (χ1v) is 9.41. The predicted octanol–water partition coefficient (Wildman–Crippen LogP) is 4.78. The zero-order valence-corrected chi connectivity index (χ0v) is 16.2. The molecule has 5 nitrogen and oxygen atoms in total. The Morgan fingerprint density at radius 1 is 0.931 bits per heavy atom. The summed E-state index contributed by atoms with van der Waals surface area (Å²) in [6, 6.07) is 23.8. The Kier molecular flexibility index (Phi) is 6.63. The first kappa shape index (κ1) is 20.1. The van der Waals surface area contributed by atoms with Crippen LogP contribution < -0.4 is 10.1 Å². The number of carboxylic acids is 1. The van der Waals surface area contributed by atoms with Crippen molar-refractivity contribution >= 4 is 17.6 Å². The largest absolute Gasteiger partial charge is 0.489 e. The average molecular weight is 389 g/mol. The van der Waals surface area contributed by atoms with Gasteiger partial charge in [0.1, 0.15) is 12.4 Å². The smallest absolute Gasteiger partial charge is 0.335 e. The van der Waals surface area contributed by atoms with E-state index in [1.165, 1.54) is 0 Å². The lowest BCUT2D eigenvalue weighted by molar-refractivity contribution is -0.119. The highest BCUT2D eigenvalue weighted by atomic mass is 16.5. The van der Waals surface area contributed by atoms with Crippen molar-refractivity contribution in [1.82, 2.24) is 0 Å². The Morgan fingerprint density at radius 3 is 2.34 bits per heavy atom. The van der Waals surface area contributed by atoms with Crippen LogP contribution in [0.3, 0.4) is 0 Å². The number of hydrogen-bond donors (Lipinski definition) is 2. The van der Waals surface area contributed by atoms with E-state index in [0.717, 1.165) is 11.1 Å². The first-order chi connectivity index (χ1) is 14.0. The summed E-state index contributed by atoms with van der Waals surface area (Å²) in [5, 5.41) is 11.9. The maximum Gasteiger partial charge on any atom is 0.335 e. The Balaban J connectivity index is 1.56. The van der Waals surface area contributed by atoms with E-state index >= 15 is 0 Å². The van der Waals surface area contributed by atoms with Gasteiger partial charge in [0.25, 0.3) is 0 Å². The molecule has 2 N–H and O–H groups in total. The van der Waals surface area contributed by atoms with Gasteiger partial charge in [-0.1, -0.05) is 55.5 Å². The molecule has 5 heteroatoms. The van der Waals surface area contributed by atoms with E-state index in [4.69, 9.17) is 9.84 Å². The van der Waals surface area contributed by atoms with Crippen LogP contribution in [-0.4, -0.2) is 17.0 Å². The second-order valence-electron chi connectivity index (χ2n) is 6.90. The number of nitrogens with one attached hydrogen (secondary N) is 1. The van der Waals surface area contributed by atoms with Crippen molar-refractivity contribution in [3.63, 3.8) is 0 Å². The number of carboxylic acid groups (broad SMARTS) is 1. The summed E-state index contributed by atoms with van der Waals surface area (Å²) in [5.74, 6) is -0.646. The molecule has 0 heterocycles. The van der Waals surface area contributed by atoms with Crippen LogP contribution in [0.25, 0.3) is 0 Å². The maximum absolute atomic E-state index is 12.5. The summed E-state index contributed by atoms with van der Waals surface area (Å²) in [4.78, 5) is 23.5. The molecule has 29 heavy (non-hydrogen) atoms. The minimum absolute atomic E-state index is 0.104. The zero-order valence-electron chi connectivity index (χ0n) is 16.2. The summed E-state index contributed by atoms with van der Waals surface area (Å²) in [6.45, 7) is 2.30. The highest BCUT2D eigenvalue weighted by molar-refractivity contribution is 5.92. The summed E-state index contributed by atoms with van der Waals surface area (Å²) in [7, 11) is 0. The highest BCUT2D eigenvalue weighted by Gasteiger charge is 2.14. The van der Waals surface area contributed by atoms with E-state index in [1.807, 2.05) is 55.5 Å². The molecule has 0 radical (unpaired) electrons. The van der Waals surface area contributed by atoms with Crippen molar-refractivity contribution in [2.45, 2.75) is 20.0 Å². The molecule has 0 aliphatic rings. The molecule has 0 aliphatic heterocycles. The Bertz CT molecular complexity index is 968. The molecule has 3 aromatic carbocycles. The van der Waals surface area contributed by atoms with Crippen LogP contribution in [0.1, 0.15) is 28.4 Å². The first-order valence-electron chi connectivity index (χ1n) is 9.41. The van der Waals surface area contributed by atoms with Gasteiger partial charge >= 0.3 is 5.97 Å². The van der Waals surface area contributed by atoms with Crippen molar-refractivity contribution in [3.05, 3.63) is 95.6 Å². The minimum Gasteiger partial charge on any atom is -0.489 e. The van der Waals surface area contributed by atoms with Crippen LogP contribution >= 0.6 is 0 Å². The van der Waals surface area contributed by atoms with Crippen LogP contribution in [0.4, 0.5) is 5.69 Å². The molecule has 148 valence electrons. The highest BCUT2D eigenvalue weighted by Crippen LogP contribution is 2.20. The normalized spacial score (nSPS) is 11.5. The number of ether oxygens (including phenoxy) is 1. The molecule has 0 aliphatic carbocycles. The third-order valence-electron chi connectivity index (χ3n) is 4.54. The molecular weight excluding hydrogens is 366 g/mol. The minimum atomic E-state index is -0.961. The van der Waals surface area contributed by atoms with E-state index in [0.29, 0.717) is 24.5 Å². The zero-order chi connectivity index (χ0) is 20.6. The van der Waals surface area contributed by atoms with E-state index in [2.05, 4.69) is 5.32 Å². The van der Waals surface area contributed by atoms with Crippen LogP contribution in [0.15, 0.2) is 78.9 Å². The van der Waals surface area contributed by atoms with Gasteiger partial charge in [0, 0.05) is 17.7 Å². The summed E-state index contributed by atoms with van der Waals surface area (Å²) < 4.78 is 5.80. The van der Waals surface area contributed by atoms with E-state index in [1.54, 1.807) is 30.3 Å². The van der Waals surface area contributed by atoms with Crippen LogP contribution in [0.2, 0.25) is 0 Å². The third-order valence-corrected chi connectivity index (χ3v) is 4.54. The van der Waals surface area contributed by atoms with Gasteiger partial charge in [-0.15, -0.1) is 0 Å². The number of rotatable bonds is 8. The number of benzene rings is 3. The maximum atomic E-state index is 12.5. The molecule has 1 amide bonds. The molecule has 0 aromatic heterocycles. The van der Waals surface area contributed by atoms with E-state index in [9.17, 15) is 9.59 Å². The summed E-state index contributed by atoms with van der Waals surface area (Å²) in [6.07, 6.45) is 0.524. The van der Waals surface area contributed by atoms with Gasteiger partial charge in [-0.2, -0.15) is 0 Å². The van der Waals surface area contributed by atoms with Gasteiger partial charge in [-0.05, 0) is 41.8 Å². The molecule has 0 spiro atoms. The van der Waals surface area contributed by atoms with Gasteiger partial charge < -0.3 is 15.2 Å². The lowest BCUT2D eigenvalue weighted by Gasteiger charge is -2.13. The van der Waals surface area contributed by atoms with E-state index in [-0.39, 0.29) is 17.4 Å². The number of carbonyl (C=O) groups is 2. The van der Waals surface area contributed by atoms with E-state index < -0.39 is 5.97 Å². The summed E-state index contributed by atoms with van der Waals surface area (Å²) in [5.41, 5.74) is 2.90. The fourth-order valence-electron chi connectivity index (χ4n) is 2.90. The van der Waals surface area contributed by atoms with Gasteiger partial charge in [0.2, 0.25) is 5.91 Å². The second-order valence-corrected chi connectivity index (χ2v) is 6.90. The van der Waals surface area contributed by atoms with Gasteiger partial charge in [-0.25, -0.2) is 4.79 Å². The number of anilines is 1. The Morgan fingerprint density at radius 2 is 1.66 bits per heavy atom. The predicted molar refractivity (Wildman–Crippen MR) is 112 cm³/mol. The molecular formula is C24H23NO4. The molecule has 1 unspecified atom stereocenters. The standard InChI is InChI=1S/C24H23NO4/c1-17(14-18-10-12-20(13-11-18)24(27)28)23(26)25-21-8-5-9-22(15-21)29-16-19-6-3-2-4-7-19/h2-13,15,17H,14,16H2,1H3,(H,25,26)(H,27,28). The monoisotopic (exact) mass is 389 g/mol. The Hall–Kier alpha value is -3.60. The van der Waals surface area contributed by atoms with Gasteiger partial charge in [0.15, 0.2) is 0 Å². The number of carbonyl (C=O) groups excluding carboxylic acids is 1. The Labute approximate surface area is 170 Å². The van der Waals surface area contributed by atoms with Crippen LogP contribution in [0.5, 0.6) is 5.75 Å². The number of amides is 1. The number of hydrogen-bond acceptors (Lipinski definition) is 3. The summed E-state index contributed by atoms with van der Waals surface area (Å²) >= 11 is 0. The van der Waals surface area contributed by atoms with Crippen LogP contribution in [0, 0.1) is 5.92 Å². The molecule has 3 rings (SSSR count). The van der Waals surface area contributed by atoms with Crippen molar-refractivity contribution in [2.24, 2.45) is 5.92 Å². The van der Waals surface area contributed by atoms with Gasteiger partial charge in [0.05, 0.1) is 5.56 Å². The lowest BCUT2D eigenvalue weighted by Crippen LogP contribution is -2.22. The fraction of sp³-hybridized carbons (Fsp3) is 0.167. The topological polar surface area (TPSA) is 75.6 Å². The molecule has 0 saturated heterocycles. The van der Waals surface area contributed by atoms with Crippen LogP contribution in [-0.2, 0) is 17.8 Å². The molecule has 3 aromatic rings.